The number of ether oxygens (including phenoxy) is 1. The molecule has 1 heterocycles. The summed E-state index contributed by atoms with van der Waals surface area (Å²) in [5, 5.41) is 3.46. The van der Waals surface area contributed by atoms with Gasteiger partial charge in [0, 0.05) is 12.6 Å². The lowest BCUT2D eigenvalue weighted by Crippen LogP contribution is -2.58. The summed E-state index contributed by atoms with van der Waals surface area (Å²) in [6.45, 7) is 7.32. The molecule has 4 heteroatoms. The molecule has 1 atom stereocenters. The van der Waals surface area contributed by atoms with Crippen molar-refractivity contribution in [2.75, 3.05) is 26.2 Å². The summed E-state index contributed by atoms with van der Waals surface area (Å²) in [6.07, 6.45) is 4.88. The molecule has 1 N–H and O–H groups in total. The molecule has 2 fully saturated rings. The fourth-order valence-corrected chi connectivity index (χ4v) is 2.53. The topological polar surface area (TPSA) is 41.6 Å². The van der Waals surface area contributed by atoms with Gasteiger partial charge in [0.2, 0.25) is 0 Å². The van der Waals surface area contributed by atoms with Gasteiger partial charge >= 0.3 is 5.97 Å². The zero-order valence-corrected chi connectivity index (χ0v) is 11.0. The largest absolute Gasteiger partial charge is 0.465 e. The second-order valence-corrected chi connectivity index (χ2v) is 5.45. The van der Waals surface area contributed by atoms with Gasteiger partial charge in [-0.1, -0.05) is 0 Å². The van der Waals surface area contributed by atoms with Crippen LogP contribution in [0.25, 0.3) is 0 Å². The lowest BCUT2D eigenvalue weighted by Gasteiger charge is -2.32. The van der Waals surface area contributed by atoms with Crippen LogP contribution in [0.5, 0.6) is 0 Å². The van der Waals surface area contributed by atoms with Gasteiger partial charge in [-0.05, 0) is 52.6 Å². The van der Waals surface area contributed by atoms with E-state index in [1.54, 1.807) is 0 Å². The summed E-state index contributed by atoms with van der Waals surface area (Å²) in [6, 6.07) is 0.520. The Kier molecular flexibility index (Phi) is 4.05. The minimum atomic E-state index is -0.526. The number of carbonyl (C=O) groups is 1. The SMILES string of the molecule is CCOC(=O)C(C)(CN1CCCC1)NC1CC1. The normalized spacial score (nSPS) is 24.6. The van der Waals surface area contributed by atoms with Gasteiger partial charge in [0.05, 0.1) is 6.61 Å². The smallest absolute Gasteiger partial charge is 0.327 e. The van der Waals surface area contributed by atoms with E-state index in [4.69, 9.17) is 4.74 Å². The molecule has 0 spiro atoms. The van der Waals surface area contributed by atoms with E-state index in [1.165, 1.54) is 25.7 Å². The molecule has 0 aromatic carbocycles. The van der Waals surface area contributed by atoms with Crippen LogP contribution in [0, 0.1) is 0 Å². The van der Waals surface area contributed by atoms with E-state index in [0.29, 0.717) is 12.6 Å². The molecule has 1 aliphatic heterocycles. The molecular formula is C13H24N2O2. The van der Waals surface area contributed by atoms with Crippen molar-refractivity contribution in [1.82, 2.24) is 10.2 Å². The summed E-state index contributed by atoms with van der Waals surface area (Å²) in [5.74, 6) is -0.0983. The van der Waals surface area contributed by atoms with Gasteiger partial charge < -0.3 is 9.64 Å². The highest BCUT2D eigenvalue weighted by atomic mass is 16.5. The van der Waals surface area contributed by atoms with Crippen molar-refractivity contribution in [2.24, 2.45) is 0 Å². The van der Waals surface area contributed by atoms with Gasteiger partial charge in [-0.3, -0.25) is 10.1 Å². The second kappa shape index (κ2) is 5.36. The van der Waals surface area contributed by atoms with E-state index in [0.717, 1.165) is 19.6 Å². The maximum atomic E-state index is 12.1. The molecule has 2 rings (SSSR count). The molecular weight excluding hydrogens is 216 g/mol. The minimum absolute atomic E-state index is 0.0983. The molecule has 0 bridgehead atoms. The molecule has 1 saturated carbocycles. The third-order valence-corrected chi connectivity index (χ3v) is 3.56. The molecule has 0 radical (unpaired) electrons. The van der Waals surface area contributed by atoms with Gasteiger partial charge in [0.25, 0.3) is 0 Å². The van der Waals surface area contributed by atoms with Gasteiger partial charge in [-0.2, -0.15) is 0 Å². The molecule has 98 valence electrons. The zero-order valence-electron chi connectivity index (χ0n) is 11.0. The Morgan fingerprint density at radius 1 is 1.41 bits per heavy atom. The maximum Gasteiger partial charge on any atom is 0.327 e. The highest BCUT2D eigenvalue weighted by Crippen LogP contribution is 2.24. The summed E-state index contributed by atoms with van der Waals surface area (Å²) in [5.41, 5.74) is -0.526. The monoisotopic (exact) mass is 240 g/mol. The van der Waals surface area contributed by atoms with Crippen LogP contribution in [0.3, 0.4) is 0 Å². The first kappa shape index (κ1) is 12.8. The predicted molar refractivity (Wildman–Crippen MR) is 66.9 cm³/mol. The van der Waals surface area contributed by atoms with Crippen LogP contribution >= 0.6 is 0 Å². The van der Waals surface area contributed by atoms with Gasteiger partial charge in [-0.25, -0.2) is 0 Å². The Balaban J connectivity index is 1.96. The first-order valence-corrected chi connectivity index (χ1v) is 6.81. The number of carbonyl (C=O) groups excluding carboxylic acids is 1. The van der Waals surface area contributed by atoms with Gasteiger partial charge in [0.1, 0.15) is 5.54 Å². The van der Waals surface area contributed by atoms with Crippen molar-refractivity contribution in [3.05, 3.63) is 0 Å². The minimum Gasteiger partial charge on any atom is -0.465 e. The number of hydrogen-bond acceptors (Lipinski definition) is 4. The van der Waals surface area contributed by atoms with Crippen LogP contribution in [0.1, 0.15) is 39.5 Å². The fraction of sp³-hybridized carbons (Fsp3) is 0.923. The predicted octanol–water partition coefficient (Wildman–Crippen LogP) is 1.16. The van der Waals surface area contributed by atoms with Crippen molar-refractivity contribution in [3.63, 3.8) is 0 Å². The third-order valence-electron chi connectivity index (χ3n) is 3.56. The molecule has 0 aromatic heterocycles. The molecule has 1 unspecified atom stereocenters. The number of rotatable bonds is 6. The first-order valence-electron chi connectivity index (χ1n) is 6.81. The quantitative estimate of drug-likeness (QED) is 0.707. The molecule has 1 aliphatic carbocycles. The molecule has 4 nitrogen and oxygen atoms in total. The Morgan fingerprint density at radius 2 is 2.06 bits per heavy atom. The molecule has 1 saturated heterocycles. The molecule has 17 heavy (non-hydrogen) atoms. The molecule has 0 amide bonds. The molecule has 0 aromatic rings. The van der Waals surface area contributed by atoms with Crippen molar-refractivity contribution < 1.29 is 9.53 Å². The maximum absolute atomic E-state index is 12.1. The zero-order chi connectivity index (χ0) is 12.3. The standard InChI is InChI=1S/C13H24N2O2/c1-3-17-12(16)13(2,14-11-6-7-11)10-15-8-4-5-9-15/h11,14H,3-10H2,1-2H3. The van der Waals surface area contributed by atoms with Crippen LogP contribution < -0.4 is 5.32 Å². The van der Waals surface area contributed by atoms with Crippen molar-refractivity contribution in [1.29, 1.82) is 0 Å². The van der Waals surface area contributed by atoms with Gasteiger partial charge in [0.15, 0.2) is 0 Å². The van der Waals surface area contributed by atoms with Crippen molar-refractivity contribution in [2.45, 2.75) is 51.1 Å². The van der Waals surface area contributed by atoms with Crippen LogP contribution in [-0.4, -0.2) is 48.7 Å². The summed E-state index contributed by atoms with van der Waals surface area (Å²) < 4.78 is 5.22. The van der Waals surface area contributed by atoms with E-state index in [9.17, 15) is 4.79 Å². The molecule has 2 aliphatic rings. The number of nitrogens with zero attached hydrogens (tertiary/aromatic N) is 1. The Morgan fingerprint density at radius 3 is 2.59 bits per heavy atom. The summed E-state index contributed by atoms with van der Waals surface area (Å²) in [4.78, 5) is 14.5. The van der Waals surface area contributed by atoms with E-state index in [1.807, 2.05) is 13.8 Å². The number of esters is 1. The lowest BCUT2D eigenvalue weighted by molar-refractivity contribution is -0.151. The Labute approximate surface area is 104 Å². The van der Waals surface area contributed by atoms with Crippen LogP contribution in [0.4, 0.5) is 0 Å². The van der Waals surface area contributed by atoms with Crippen LogP contribution in [0.2, 0.25) is 0 Å². The Bertz CT molecular complexity index is 273. The average Bonchev–Trinajstić information content (AvgIpc) is 2.93. The van der Waals surface area contributed by atoms with E-state index >= 15 is 0 Å². The lowest BCUT2D eigenvalue weighted by atomic mass is 10.0. The van der Waals surface area contributed by atoms with Crippen LogP contribution in [-0.2, 0) is 9.53 Å². The highest BCUT2D eigenvalue weighted by Gasteiger charge is 2.41. The number of likely N-dealkylation sites (tertiary alicyclic amines) is 1. The number of hydrogen-bond donors (Lipinski definition) is 1. The van der Waals surface area contributed by atoms with Gasteiger partial charge in [-0.15, -0.1) is 0 Å². The Hall–Kier alpha value is -0.610. The first-order chi connectivity index (χ1) is 8.14. The summed E-state index contributed by atoms with van der Waals surface area (Å²) >= 11 is 0. The average molecular weight is 240 g/mol. The van der Waals surface area contributed by atoms with E-state index < -0.39 is 5.54 Å². The summed E-state index contributed by atoms with van der Waals surface area (Å²) in [7, 11) is 0. The van der Waals surface area contributed by atoms with Crippen molar-refractivity contribution >= 4 is 5.97 Å². The van der Waals surface area contributed by atoms with Crippen molar-refractivity contribution in [3.8, 4) is 0 Å². The van der Waals surface area contributed by atoms with E-state index in [-0.39, 0.29) is 5.97 Å². The highest BCUT2D eigenvalue weighted by molar-refractivity contribution is 5.80. The third kappa shape index (κ3) is 3.42. The number of nitrogens with one attached hydrogen (secondary N) is 1. The second-order valence-electron chi connectivity index (χ2n) is 5.45. The van der Waals surface area contributed by atoms with E-state index in [2.05, 4.69) is 10.2 Å². The van der Waals surface area contributed by atoms with Crippen LogP contribution in [0.15, 0.2) is 0 Å². The fourth-order valence-electron chi connectivity index (χ4n) is 2.53.